The van der Waals surface area contributed by atoms with Crippen molar-refractivity contribution in [2.24, 2.45) is 11.8 Å². The molecule has 0 saturated heterocycles. The first kappa shape index (κ1) is 14.5. The van der Waals surface area contributed by atoms with E-state index in [4.69, 9.17) is 4.74 Å². The largest absolute Gasteiger partial charge is 0.383 e. The second-order valence-electron chi connectivity index (χ2n) is 5.33. The van der Waals surface area contributed by atoms with Gasteiger partial charge in [-0.2, -0.15) is 0 Å². The SMILES string of the molecule is COCC(C)NC(=O)CNC1CCC(C)C1C. The van der Waals surface area contributed by atoms with Crippen molar-refractivity contribution in [2.45, 2.75) is 45.7 Å². The summed E-state index contributed by atoms with van der Waals surface area (Å²) in [6.07, 6.45) is 2.45. The molecule has 1 saturated carbocycles. The standard InChI is InChI=1S/C13H26N2O2/c1-9-5-6-12(11(9)3)14-7-13(16)15-10(2)8-17-4/h9-12,14H,5-8H2,1-4H3,(H,15,16). The zero-order valence-electron chi connectivity index (χ0n) is 11.5. The van der Waals surface area contributed by atoms with Crippen molar-refractivity contribution in [1.82, 2.24) is 10.6 Å². The zero-order valence-corrected chi connectivity index (χ0v) is 11.5. The number of hydrogen-bond donors (Lipinski definition) is 2. The molecule has 1 fully saturated rings. The molecular weight excluding hydrogens is 216 g/mol. The van der Waals surface area contributed by atoms with Crippen molar-refractivity contribution in [3.63, 3.8) is 0 Å². The molecule has 1 aliphatic rings. The first-order valence-electron chi connectivity index (χ1n) is 6.56. The fraction of sp³-hybridized carbons (Fsp3) is 0.923. The average molecular weight is 242 g/mol. The smallest absolute Gasteiger partial charge is 0.234 e. The minimum atomic E-state index is 0.0568. The lowest BCUT2D eigenvalue weighted by atomic mass is 9.98. The van der Waals surface area contributed by atoms with Crippen LogP contribution in [-0.2, 0) is 9.53 Å². The van der Waals surface area contributed by atoms with Crippen LogP contribution >= 0.6 is 0 Å². The summed E-state index contributed by atoms with van der Waals surface area (Å²) in [5, 5.41) is 6.26. The third kappa shape index (κ3) is 4.64. The van der Waals surface area contributed by atoms with Crippen molar-refractivity contribution in [3.05, 3.63) is 0 Å². The number of hydrogen-bond acceptors (Lipinski definition) is 3. The maximum atomic E-state index is 11.6. The molecule has 0 aromatic heterocycles. The van der Waals surface area contributed by atoms with Gasteiger partial charge in [0.25, 0.3) is 0 Å². The lowest BCUT2D eigenvalue weighted by molar-refractivity contribution is -0.121. The maximum absolute atomic E-state index is 11.6. The van der Waals surface area contributed by atoms with Crippen molar-refractivity contribution >= 4 is 5.91 Å². The average Bonchev–Trinajstić information content (AvgIpc) is 2.57. The molecular formula is C13H26N2O2. The van der Waals surface area contributed by atoms with E-state index in [0.717, 1.165) is 5.92 Å². The lowest BCUT2D eigenvalue weighted by Gasteiger charge is -2.20. The van der Waals surface area contributed by atoms with Crippen LogP contribution in [0.2, 0.25) is 0 Å². The molecule has 1 aliphatic carbocycles. The summed E-state index contributed by atoms with van der Waals surface area (Å²) in [7, 11) is 1.64. The quantitative estimate of drug-likeness (QED) is 0.735. The van der Waals surface area contributed by atoms with Crippen molar-refractivity contribution < 1.29 is 9.53 Å². The summed E-state index contributed by atoms with van der Waals surface area (Å²) in [6, 6.07) is 0.572. The van der Waals surface area contributed by atoms with Crippen molar-refractivity contribution in [3.8, 4) is 0 Å². The molecule has 0 bridgehead atoms. The highest BCUT2D eigenvalue weighted by Crippen LogP contribution is 2.30. The summed E-state index contributed by atoms with van der Waals surface area (Å²) in [5.41, 5.74) is 0. The molecule has 1 amide bonds. The third-order valence-corrected chi connectivity index (χ3v) is 3.81. The van der Waals surface area contributed by atoms with E-state index in [1.165, 1.54) is 12.8 Å². The number of carbonyl (C=O) groups excluding carboxylic acids is 1. The van der Waals surface area contributed by atoms with Crippen LogP contribution < -0.4 is 10.6 Å². The third-order valence-electron chi connectivity index (χ3n) is 3.81. The van der Waals surface area contributed by atoms with Crippen LogP contribution in [0.15, 0.2) is 0 Å². The monoisotopic (exact) mass is 242 g/mol. The molecule has 1 rings (SSSR count). The molecule has 4 atom stereocenters. The molecule has 0 aromatic carbocycles. The Balaban J connectivity index is 2.20. The Kier molecular flexibility index (Phi) is 5.92. The zero-order chi connectivity index (χ0) is 12.8. The van der Waals surface area contributed by atoms with Crippen molar-refractivity contribution in [2.75, 3.05) is 20.3 Å². The molecule has 0 aliphatic heterocycles. The Bertz CT molecular complexity index is 246. The van der Waals surface area contributed by atoms with Gasteiger partial charge in [-0.3, -0.25) is 4.79 Å². The highest BCUT2D eigenvalue weighted by atomic mass is 16.5. The van der Waals surface area contributed by atoms with Gasteiger partial charge in [-0.25, -0.2) is 0 Å². The normalized spacial score (nSPS) is 30.2. The van der Waals surface area contributed by atoms with Crippen LogP contribution in [-0.4, -0.2) is 38.3 Å². The fourth-order valence-corrected chi connectivity index (χ4v) is 2.49. The predicted molar refractivity (Wildman–Crippen MR) is 68.8 cm³/mol. The van der Waals surface area contributed by atoms with Crippen LogP contribution in [0.1, 0.15) is 33.6 Å². The molecule has 0 spiro atoms. The summed E-state index contributed by atoms with van der Waals surface area (Å²) < 4.78 is 4.98. The first-order chi connectivity index (χ1) is 8.04. The summed E-state index contributed by atoms with van der Waals surface area (Å²) in [4.78, 5) is 11.6. The first-order valence-corrected chi connectivity index (χ1v) is 6.56. The number of amides is 1. The van der Waals surface area contributed by atoms with Gasteiger partial charge in [0, 0.05) is 19.2 Å². The second kappa shape index (κ2) is 6.97. The van der Waals surface area contributed by atoms with Gasteiger partial charge in [0.2, 0.25) is 5.91 Å². The minimum absolute atomic E-state index is 0.0568. The molecule has 4 heteroatoms. The number of ether oxygens (including phenoxy) is 1. The van der Waals surface area contributed by atoms with E-state index >= 15 is 0 Å². The highest BCUT2D eigenvalue weighted by molar-refractivity contribution is 5.78. The van der Waals surface area contributed by atoms with E-state index in [1.54, 1.807) is 7.11 Å². The van der Waals surface area contributed by atoms with E-state index in [9.17, 15) is 4.79 Å². The Morgan fingerprint density at radius 1 is 1.41 bits per heavy atom. The Morgan fingerprint density at radius 3 is 2.65 bits per heavy atom. The van der Waals surface area contributed by atoms with Gasteiger partial charge in [0.05, 0.1) is 13.2 Å². The van der Waals surface area contributed by atoms with Gasteiger partial charge in [-0.05, 0) is 31.6 Å². The van der Waals surface area contributed by atoms with E-state index < -0.39 is 0 Å². The minimum Gasteiger partial charge on any atom is -0.383 e. The number of nitrogens with one attached hydrogen (secondary N) is 2. The number of methoxy groups -OCH3 is 1. The lowest BCUT2D eigenvalue weighted by Crippen LogP contribution is -2.44. The van der Waals surface area contributed by atoms with E-state index in [-0.39, 0.29) is 11.9 Å². The second-order valence-corrected chi connectivity index (χ2v) is 5.33. The topological polar surface area (TPSA) is 50.4 Å². The Morgan fingerprint density at radius 2 is 2.12 bits per heavy atom. The van der Waals surface area contributed by atoms with Crippen LogP contribution in [0.25, 0.3) is 0 Å². The maximum Gasteiger partial charge on any atom is 0.234 e. The summed E-state index contributed by atoms with van der Waals surface area (Å²) in [5.74, 6) is 1.49. The molecule has 4 unspecified atom stereocenters. The number of carbonyl (C=O) groups is 1. The van der Waals surface area contributed by atoms with Crippen LogP contribution in [0, 0.1) is 11.8 Å². The van der Waals surface area contributed by atoms with Gasteiger partial charge < -0.3 is 15.4 Å². The number of rotatable bonds is 6. The molecule has 100 valence electrons. The highest BCUT2D eigenvalue weighted by Gasteiger charge is 2.29. The van der Waals surface area contributed by atoms with Crippen LogP contribution in [0.3, 0.4) is 0 Å². The molecule has 17 heavy (non-hydrogen) atoms. The summed E-state index contributed by atoms with van der Waals surface area (Å²) in [6.45, 7) is 7.47. The molecule has 0 aromatic rings. The molecule has 0 radical (unpaired) electrons. The molecule has 0 heterocycles. The Labute approximate surface area is 104 Å². The van der Waals surface area contributed by atoms with E-state index in [0.29, 0.717) is 25.1 Å². The fourth-order valence-electron chi connectivity index (χ4n) is 2.49. The predicted octanol–water partition coefficient (Wildman–Crippen LogP) is 1.16. The van der Waals surface area contributed by atoms with Crippen molar-refractivity contribution in [1.29, 1.82) is 0 Å². The van der Waals surface area contributed by atoms with Gasteiger partial charge >= 0.3 is 0 Å². The Hall–Kier alpha value is -0.610. The van der Waals surface area contributed by atoms with Gasteiger partial charge in [-0.15, -0.1) is 0 Å². The van der Waals surface area contributed by atoms with E-state index in [2.05, 4.69) is 24.5 Å². The van der Waals surface area contributed by atoms with Gasteiger partial charge in [0.1, 0.15) is 0 Å². The molecule has 4 nitrogen and oxygen atoms in total. The van der Waals surface area contributed by atoms with Gasteiger partial charge in [-0.1, -0.05) is 13.8 Å². The summed E-state index contributed by atoms with van der Waals surface area (Å²) >= 11 is 0. The van der Waals surface area contributed by atoms with Crippen LogP contribution in [0.5, 0.6) is 0 Å². The van der Waals surface area contributed by atoms with E-state index in [1.807, 2.05) is 6.92 Å². The van der Waals surface area contributed by atoms with Gasteiger partial charge in [0.15, 0.2) is 0 Å². The van der Waals surface area contributed by atoms with Crippen LogP contribution in [0.4, 0.5) is 0 Å². The molecule has 2 N–H and O–H groups in total.